The zero-order valence-corrected chi connectivity index (χ0v) is 25.7. The number of rotatable bonds is 10. The molecule has 2 aromatic carbocycles. The molecule has 0 radical (unpaired) electrons. The summed E-state index contributed by atoms with van der Waals surface area (Å²) < 4.78 is 12.9. The van der Waals surface area contributed by atoms with Crippen molar-refractivity contribution in [3.63, 3.8) is 0 Å². The summed E-state index contributed by atoms with van der Waals surface area (Å²) in [7, 11) is -2.14. The van der Waals surface area contributed by atoms with E-state index < -0.39 is 14.4 Å². The molecule has 10 heteroatoms. The molecule has 0 saturated heterocycles. The fraction of sp³-hybridized carbons (Fsp3) is 0.448. The average Bonchev–Trinajstić information content (AvgIpc) is 3.34. The Morgan fingerprint density at radius 1 is 1.18 bits per heavy atom. The zero-order valence-electron chi connectivity index (χ0n) is 24.0. The molecule has 0 fully saturated rings. The second-order valence-electron chi connectivity index (χ2n) is 11.2. The first-order valence-corrected chi connectivity index (χ1v) is 16.4. The van der Waals surface area contributed by atoms with Crippen LogP contribution in [0.15, 0.2) is 40.8 Å². The van der Waals surface area contributed by atoms with Crippen molar-refractivity contribution >= 4 is 37.2 Å². The van der Waals surface area contributed by atoms with Crippen molar-refractivity contribution in [2.24, 2.45) is 0 Å². The third kappa shape index (κ3) is 7.27. The van der Waals surface area contributed by atoms with Crippen LogP contribution in [0.4, 0.5) is 11.4 Å². The van der Waals surface area contributed by atoms with E-state index in [1.807, 2.05) is 51.1 Å². The van der Waals surface area contributed by atoms with Gasteiger partial charge in [-0.2, -0.15) is 5.26 Å². The van der Waals surface area contributed by atoms with E-state index in [1.165, 1.54) is 0 Å². The van der Waals surface area contributed by atoms with Gasteiger partial charge in [0, 0.05) is 23.4 Å². The van der Waals surface area contributed by atoms with Crippen molar-refractivity contribution in [2.45, 2.75) is 84.7 Å². The van der Waals surface area contributed by atoms with Crippen LogP contribution in [0, 0.1) is 18.3 Å². The smallest absolute Gasteiger partial charge is 0.247 e. The van der Waals surface area contributed by atoms with Gasteiger partial charge < -0.3 is 19.5 Å². The zero-order chi connectivity index (χ0) is 29.0. The number of amides is 1. The van der Waals surface area contributed by atoms with Crippen molar-refractivity contribution in [3.05, 3.63) is 58.4 Å². The highest BCUT2D eigenvalue weighted by Gasteiger charge is 2.41. The maximum Gasteiger partial charge on any atom is 0.247 e. The van der Waals surface area contributed by atoms with E-state index in [9.17, 15) is 10.1 Å². The number of nitrogens with one attached hydrogen (secondary N) is 2. The molecule has 8 nitrogen and oxygen atoms in total. The van der Waals surface area contributed by atoms with E-state index in [1.54, 1.807) is 6.07 Å². The van der Waals surface area contributed by atoms with Gasteiger partial charge in [-0.05, 0) is 80.4 Å². The molecular formula is C29H38ClN5O3Si. The number of aromatic nitrogens is 2. The standard InChI is InChI=1S/C29H38ClN5O3Si/c1-9-10-24(36)32-22-14-11-20(12-15-22)27-34-35-28(37-27)26(19(3)38-39(7,8)29(4,5)6)33-23-16-13-21(17-31)25(30)18(23)2/h11-16,19,26,33H,9-10H2,1-8H3,(H,32,36)/t19-,26-/m1/s1. The predicted molar refractivity (Wildman–Crippen MR) is 158 cm³/mol. The van der Waals surface area contributed by atoms with E-state index >= 15 is 0 Å². The normalized spacial score (nSPS) is 13.4. The first-order chi connectivity index (χ1) is 18.3. The molecule has 0 spiro atoms. The van der Waals surface area contributed by atoms with E-state index in [2.05, 4.69) is 60.8 Å². The number of carbonyl (C=O) groups excluding carboxylic acids is 1. The average molecular weight is 568 g/mol. The molecule has 2 atom stereocenters. The first-order valence-electron chi connectivity index (χ1n) is 13.1. The molecule has 1 heterocycles. The van der Waals surface area contributed by atoms with E-state index in [4.69, 9.17) is 20.4 Å². The van der Waals surface area contributed by atoms with Gasteiger partial charge in [0.15, 0.2) is 8.32 Å². The van der Waals surface area contributed by atoms with Crippen molar-refractivity contribution in [1.82, 2.24) is 10.2 Å². The summed E-state index contributed by atoms with van der Waals surface area (Å²) >= 11 is 6.46. The number of hydrogen-bond acceptors (Lipinski definition) is 7. The number of nitriles is 1. The molecule has 3 rings (SSSR count). The van der Waals surface area contributed by atoms with Gasteiger partial charge in [-0.25, -0.2) is 0 Å². The van der Waals surface area contributed by atoms with Gasteiger partial charge in [-0.1, -0.05) is 39.3 Å². The Bertz CT molecular complexity index is 1340. The van der Waals surface area contributed by atoms with Crippen molar-refractivity contribution in [2.75, 3.05) is 10.6 Å². The highest BCUT2D eigenvalue weighted by Crippen LogP contribution is 2.40. The minimum atomic E-state index is -2.14. The number of nitrogens with zero attached hydrogens (tertiary/aromatic N) is 3. The van der Waals surface area contributed by atoms with Crippen LogP contribution in [0.1, 0.15) is 70.5 Å². The molecule has 0 aliphatic heterocycles. The summed E-state index contributed by atoms with van der Waals surface area (Å²) in [6.45, 7) is 16.8. The number of carbonyl (C=O) groups is 1. The molecule has 0 unspecified atom stereocenters. The van der Waals surface area contributed by atoms with Gasteiger partial charge in [-0.3, -0.25) is 4.79 Å². The summed E-state index contributed by atoms with van der Waals surface area (Å²) in [6.07, 6.45) is 0.946. The summed E-state index contributed by atoms with van der Waals surface area (Å²) in [5.74, 6) is 0.710. The lowest BCUT2D eigenvalue weighted by molar-refractivity contribution is -0.116. The highest BCUT2D eigenvalue weighted by atomic mass is 35.5. The van der Waals surface area contributed by atoms with Gasteiger partial charge in [-0.15, -0.1) is 10.2 Å². The lowest BCUT2D eigenvalue weighted by Crippen LogP contribution is -2.45. The Balaban J connectivity index is 1.93. The van der Waals surface area contributed by atoms with Crippen molar-refractivity contribution in [1.29, 1.82) is 5.26 Å². The SMILES string of the molecule is CCCC(=O)Nc1ccc(-c2nnc([C@H](Nc3ccc(C#N)c(Cl)c3C)[C@@H](C)O[Si](C)(C)C(C)(C)C)o2)cc1. The number of benzene rings is 2. The lowest BCUT2D eigenvalue weighted by atomic mass is 10.1. The van der Waals surface area contributed by atoms with Crippen LogP contribution in [0.5, 0.6) is 0 Å². The van der Waals surface area contributed by atoms with Crippen LogP contribution in [0.25, 0.3) is 11.5 Å². The topological polar surface area (TPSA) is 113 Å². The van der Waals surface area contributed by atoms with Crippen LogP contribution < -0.4 is 10.6 Å². The molecule has 1 amide bonds. The lowest BCUT2D eigenvalue weighted by Gasteiger charge is -2.40. The first kappa shape index (κ1) is 30.3. The Morgan fingerprint density at radius 2 is 1.85 bits per heavy atom. The summed E-state index contributed by atoms with van der Waals surface area (Å²) in [4.78, 5) is 11.9. The molecule has 0 aliphatic carbocycles. The van der Waals surface area contributed by atoms with Gasteiger partial charge >= 0.3 is 0 Å². The maximum atomic E-state index is 11.9. The maximum absolute atomic E-state index is 11.9. The molecule has 208 valence electrons. The fourth-order valence-corrected chi connectivity index (χ4v) is 5.43. The Kier molecular flexibility index (Phi) is 9.59. The third-order valence-electron chi connectivity index (χ3n) is 7.17. The van der Waals surface area contributed by atoms with E-state index in [0.29, 0.717) is 34.5 Å². The van der Waals surface area contributed by atoms with Crippen LogP contribution in [-0.4, -0.2) is 30.5 Å². The molecular weight excluding hydrogens is 530 g/mol. The molecule has 0 aliphatic rings. The second kappa shape index (κ2) is 12.3. The Morgan fingerprint density at radius 3 is 2.44 bits per heavy atom. The largest absolute Gasteiger partial charge is 0.418 e. The van der Waals surface area contributed by atoms with Crippen LogP contribution in [0.2, 0.25) is 23.2 Å². The Labute approximate surface area is 237 Å². The van der Waals surface area contributed by atoms with Gasteiger partial charge in [0.1, 0.15) is 12.1 Å². The number of halogens is 1. The summed E-state index contributed by atoms with van der Waals surface area (Å²) in [5, 5.41) is 24.8. The summed E-state index contributed by atoms with van der Waals surface area (Å²) in [5.41, 5.74) is 3.36. The predicted octanol–water partition coefficient (Wildman–Crippen LogP) is 7.87. The number of anilines is 2. The Hall–Kier alpha value is -3.19. The monoisotopic (exact) mass is 567 g/mol. The summed E-state index contributed by atoms with van der Waals surface area (Å²) in [6, 6.07) is 12.5. The van der Waals surface area contributed by atoms with E-state index in [-0.39, 0.29) is 17.0 Å². The quantitative estimate of drug-likeness (QED) is 0.239. The van der Waals surface area contributed by atoms with Crippen LogP contribution in [-0.2, 0) is 9.22 Å². The van der Waals surface area contributed by atoms with Crippen LogP contribution in [0.3, 0.4) is 0 Å². The van der Waals surface area contributed by atoms with E-state index in [0.717, 1.165) is 23.2 Å². The molecule has 2 N–H and O–H groups in total. The minimum Gasteiger partial charge on any atom is -0.418 e. The molecule has 0 bridgehead atoms. The van der Waals surface area contributed by atoms with Gasteiger partial charge in [0.2, 0.25) is 17.7 Å². The molecule has 3 aromatic rings. The fourth-order valence-electron chi connectivity index (χ4n) is 3.81. The molecule has 39 heavy (non-hydrogen) atoms. The molecule has 0 saturated carbocycles. The van der Waals surface area contributed by atoms with Crippen molar-refractivity contribution in [3.8, 4) is 17.5 Å². The third-order valence-corrected chi connectivity index (χ3v) is 12.2. The second-order valence-corrected chi connectivity index (χ2v) is 16.4. The minimum absolute atomic E-state index is 0.00771. The van der Waals surface area contributed by atoms with Gasteiger partial charge in [0.05, 0.1) is 16.7 Å². The highest BCUT2D eigenvalue weighted by molar-refractivity contribution is 6.74. The van der Waals surface area contributed by atoms with Crippen LogP contribution >= 0.6 is 11.6 Å². The molecule has 1 aromatic heterocycles. The van der Waals surface area contributed by atoms with Gasteiger partial charge in [0.25, 0.3) is 0 Å². The number of hydrogen-bond donors (Lipinski definition) is 2. The van der Waals surface area contributed by atoms with Crippen molar-refractivity contribution < 1.29 is 13.6 Å².